The summed E-state index contributed by atoms with van der Waals surface area (Å²) in [5.41, 5.74) is 2.37. The maximum Gasteiger partial charge on any atom is 0.341 e. The van der Waals surface area contributed by atoms with Crippen molar-refractivity contribution in [1.29, 1.82) is 0 Å². The van der Waals surface area contributed by atoms with Crippen LogP contribution in [0.5, 0.6) is 0 Å². The molecule has 0 aliphatic heterocycles. The van der Waals surface area contributed by atoms with Gasteiger partial charge in [0, 0.05) is 16.0 Å². The van der Waals surface area contributed by atoms with E-state index in [1.54, 1.807) is 48.7 Å². The van der Waals surface area contributed by atoms with Crippen LogP contribution in [0.3, 0.4) is 0 Å². The molecule has 0 spiro atoms. The number of hydrogen-bond donors (Lipinski definition) is 1. The highest BCUT2D eigenvalue weighted by Crippen LogP contribution is 2.32. The summed E-state index contributed by atoms with van der Waals surface area (Å²) in [5.74, 6) is -1.14. The number of rotatable bonds is 6. The highest BCUT2D eigenvalue weighted by Gasteiger charge is 2.25. The van der Waals surface area contributed by atoms with Crippen LogP contribution in [0.1, 0.15) is 23.7 Å². The predicted molar refractivity (Wildman–Crippen MR) is 120 cm³/mol. The Labute approximate surface area is 191 Å². The smallest absolute Gasteiger partial charge is 0.341 e. The number of hydrogen-bond acceptors (Lipinski definition) is 7. The van der Waals surface area contributed by atoms with Crippen LogP contribution in [0.25, 0.3) is 22.4 Å². The fraction of sp³-hybridized carbons (Fsp3) is 0.143. The minimum absolute atomic E-state index is 0.228. The van der Waals surface area contributed by atoms with Crippen molar-refractivity contribution >= 4 is 62.6 Å². The number of anilines is 1. The average Bonchev–Trinajstić information content (AvgIpc) is 3.41. The summed E-state index contributed by atoms with van der Waals surface area (Å²) in [6, 6.07) is 10.0. The number of aromatic nitrogens is 2. The Bertz CT molecular complexity index is 1270. The van der Waals surface area contributed by atoms with E-state index < -0.39 is 18.0 Å². The van der Waals surface area contributed by atoms with Crippen LogP contribution in [0, 0.1) is 0 Å². The standard InChI is InChI=1S/C21H15Cl2N3O4S/c1-2-16(30-20(28)13-4-3-5-17-18(13)24-10-29-17)19(27)26-21-25-15(9-31-21)12-7-6-11(22)8-14(12)23/h3-10,16H,2H2,1H3,(H,25,26,27). The van der Waals surface area contributed by atoms with Gasteiger partial charge in [-0.15, -0.1) is 11.3 Å². The Morgan fingerprint density at radius 2 is 2.10 bits per heavy atom. The third-order valence-electron chi connectivity index (χ3n) is 4.43. The number of esters is 1. The van der Waals surface area contributed by atoms with Gasteiger partial charge < -0.3 is 9.15 Å². The molecule has 158 valence electrons. The normalized spacial score (nSPS) is 12.0. The molecule has 0 fully saturated rings. The number of amides is 1. The van der Waals surface area contributed by atoms with Crippen molar-refractivity contribution in [2.45, 2.75) is 19.4 Å². The molecular formula is C21H15Cl2N3O4S. The molecule has 2 aromatic heterocycles. The third kappa shape index (κ3) is 4.56. The fourth-order valence-corrected chi connectivity index (χ4v) is 4.12. The summed E-state index contributed by atoms with van der Waals surface area (Å²) in [6.45, 7) is 1.75. The van der Waals surface area contributed by atoms with Crippen LogP contribution in [0.4, 0.5) is 5.13 Å². The third-order valence-corrected chi connectivity index (χ3v) is 5.74. The molecule has 0 radical (unpaired) electrons. The number of thiazole rings is 1. The average molecular weight is 476 g/mol. The Morgan fingerprint density at radius 1 is 1.26 bits per heavy atom. The number of nitrogens with zero attached hydrogens (tertiary/aromatic N) is 2. The monoisotopic (exact) mass is 475 g/mol. The summed E-state index contributed by atoms with van der Waals surface area (Å²) < 4.78 is 10.6. The first-order valence-corrected chi connectivity index (χ1v) is 10.8. The number of benzene rings is 2. The van der Waals surface area contributed by atoms with Crippen LogP contribution >= 0.6 is 34.5 Å². The SMILES string of the molecule is CCC(OC(=O)c1cccc2ocnc12)C(=O)Nc1nc(-c2ccc(Cl)cc2Cl)cs1. The summed E-state index contributed by atoms with van der Waals surface area (Å²) in [4.78, 5) is 33.7. The lowest BCUT2D eigenvalue weighted by atomic mass is 10.2. The number of carbonyl (C=O) groups is 2. The molecule has 1 unspecified atom stereocenters. The van der Waals surface area contributed by atoms with E-state index in [0.717, 1.165) is 0 Å². The lowest BCUT2D eigenvalue weighted by molar-refractivity contribution is -0.124. The van der Waals surface area contributed by atoms with Crippen LogP contribution < -0.4 is 5.32 Å². The van der Waals surface area contributed by atoms with Crippen molar-refractivity contribution in [2.24, 2.45) is 0 Å². The lowest BCUT2D eigenvalue weighted by Crippen LogP contribution is -2.32. The number of ether oxygens (including phenoxy) is 1. The van der Waals surface area contributed by atoms with Crippen LogP contribution in [0.2, 0.25) is 10.0 Å². The van der Waals surface area contributed by atoms with Gasteiger partial charge in [0.1, 0.15) is 5.52 Å². The fourth-order valence-electron chi connectivity index (χ4n) is 2.90. The van der Waals surface area contributed by atoms with Gasteiger partial charge in [-0.1, -0.05) is 36.2 Å². The first-order valence-electron chi connectivity index (χ1n) is 9.21. The molecule has 4 rings (SSSR count). The Morgan fingerprint density at radius 3 is 2.87 bits per heavy atom. The van der Waals surface area contributed by atoms with Crippen molar-refractivity contribution in [1.82, 2.24) is 9.97 Å². The molecule has 7 nitrogen and oxygen atoms in total. The molecule has 10 heteroatoms. The van der Waals surface area contributed by atoms with Gasteiger partial charge >= 0.3 is 5.97 Å². The minimum atomic E-state index is -0.999. The highest BCUT2D eigenvalue weighted by atomic mass is 35.5. The summed E-state index contributed by atoms with van der Waals surface area (Å²) >= 11 is 13.4. The van der Waals surface area contributed by atoms with Crippen molar-refractivity contribution in [3.05, 3.63) is 63.8 Å². The van der Waals surface area contributed by atoms with E-state index in [2.05, 4.69) is 15.3 Å². The summed E-state index contributed by atoms with van der Waals surface area (Å²) in [7, 11) is 0. The van der Waals surface area contributed by atoms with E-state index in [0.29, 0.717) is 37.5 Å². The van der Waals surface area contributed by atoms with Crippen molar-refractivity contribution in [3.63, 3.8) is 0 Å². The highest BCUT2D eigenvalue weighted by molar-refractivity contribution is 7.14. The van der Waals surface area contributed by atoms with E-state index in [1.165, 1.54) is 17.7 Å². The molecule has 31 heavy (non-hydrogen) atoms. The van der Waals surface area contributed by atoms with Crippen LogP contribution in [0.15, 0.2) is 52.6 Å². The van der Waals surface area contributed by atoms with Gasteiger partial charge in [0.25, 0.3) is 5.91 Å². The molecule has 4 aromatic rings. The predicted octanol–water partition coefficient (Wildman–Crippen LogP) is 5.83. The molecule has 0 saturated heterocycles. The molecule has 2 aromatic carbocycles. The van der Waals surface area contributed by atoms with Crippen molar-refractivity contribution in [3.8, 4) is 11.3 Å². The van der Waals surface area contributed by atoms with Crippen LogP contribution in [-0.2, 0) is 9.53 Å². The van der Waals surface area contributed by atoms with E-state index in [4.69, 9.17) is 32.4 Å². The Hall–Kier alpha value is -2.94. The number of nitrogens with one attached hydrogen (secondary N) is 1. The van der Waals surface area contributed by atoms with E-state index >= 15 is 0 Å². The molecule has 1 N–H and O–H groups in total. The largest absolute Gasteiger partial charge is 0.449 e. The second-order valence-electron chi connectivity index (χ2n) is 6.46. The maximum atomic E-state index is 12.7. The zero-order chi connectivity index (χ0) is 22.0. The second kappa shape index (κ2) is 9.05. The molecular weight excluding hydrogens is 461 g/mol. The number of fused-ring (bicyclic) bond motifs is 1. The molecule has 1 amide bonds. The zero-order valence-corrected chi connectivity index (χ0v) is 18.4. The molecule has 0 aliphatic carbocycles. The number of carbonyl (C=O) groups excluding carboxylic acids is 2. The van der Waals surface area contributed by atoms with Gasteiger partial charge in [-0.3, -0.25) is 10.1 Å². The molecule has 1 atom stereocenters. The van der Waals surface area contributed by atoms with Crippen LogP contribution in [-0.4, -0.2) is 27.9 Å². The van der Waals surface area contributed by atoms with Gasteiger partial charge in [-0.2, -0.15) is 0 Å². The van der Waals surface area contributed by atoms with E-state index in [1.807, 2.05) is 0 Å². The first kappa shape index (κ1) is 21.3. The minimum Gasteiger partial charge on any atom is -0.449 e. The molecule has 0 saturated carbocycles. The summed E-state index contributed by atoms with van der Waals surface area (Å²) in [6.07, 6.45) is 0.535. The van der Waals surface area contributed by atoms with Crippen molar-refractivity contribution in [2.75, 3.05) is 5.32 Å². The Balaban J connectivity index is 1.46. The quantitative estimate of drug-likeness (QED) is 0.352. The van der Waals surface area contributed by atoms with Gasteiger partial charge in [0.15, 0.2) is 23.2 Å². The van der Waals surface area contributed by atoms with Gasteiger partial charge in [-0.05, 0) is 36.8 Å². The molecule has 2 heterocycles. The number of oxazole rings is 1. The van der Waals surface area contributed by atoms with E-state index in [-0.39, 0.29) is 12.0 Å². The number of para-hydroxylation sites is 1. The van der Waals surface area contributed by atoms with Gasteiger partial charge in [0.2, 0.25) is 0 Å². The molecule has 0 bridgehead atoms. The van der Waals surface area contributed by atoms with Gasteiger partial charge in [0.05, 0.1) is 16.3 Å². The molecule has 0 aliphatic rings. The first-order chi connectivity index (χ1) is 15.0. The zero-order valence-electron chi connectivity index (χ0n) is 16.1. The van der Waals surface area contributed by atoms with Crippen molar-refractivity contribution < 1.29 is 18.7 Å². The van der Waals surface area contributed by atoms with E-state index in [9.17, 15) is 9.59 Å². The van der Waals surface area contributed by atoms with Gasteiger partial charge in [-0.25, -0.2) is 14.8 Å². The topological polar surface area (TPSA) is 94.3 Å². The number of halogens is 2. The maximum absolute atomic E-state index is 12.7. The second-order valence-corrected chi connectivity index (χ2v) is 8.16. The Kier molecular flexibility index (Phi) is 6.22. The summed E-state index contributed by atoms with van der Waals surface area (Å²) in [5, 5.41) is 5.79. The lowest BCUT2D eigenvalue weighted by Gasteiger charge is -2.15.